The predicted octanol–water partition coefficient (Wildman–Crippen LogP) is 1.66. The average Bonchev–Trinajstić information content (AvgIpc) is 2.63. The third kappa shape index (κ3) is 2.54. The van der Waals surface area contributed by atoms with Crippen LogP contribution in [0, 0.1) is 0 Å². The van der Waals surface area contributed by atoms with Crippen molar-refractivity contribution in [3.63, 3.8) is 0 Å². The Morgan fingerprint density at radius 1 is 1.33 bits per heavy atom. The number of aryl methyl sites for hydroxylation is 1. The highest BCUT2D eigenvalue weighted by Gasteiger charge is 2.04. The summed E-state index contributed by atoms with van der Waals surface area (Å²) in [6, 6.07) is 0. The summed E-state index contributed by atoms with van der Waals surface area (Å²) in [5.74, 6) is 0.334. The first-order valence-corrected chi connectivity index (χ1v) is 4.49. The Labute approximate surface area is 99.5 Å². The number of anilines is 2. The van der Waals surface area contributed by atoms with Crippen molar-refractivity contribution in [3.8, 4) is 0 Å². The van der Waals surface area contributed by atoms with Gasteiger partial charge in [-0.15, -0.1) is 0 Å². The van der Waals surface area contributed by atoms with Crippen molar-refractivity contribution in [2.75, 3.05) is 5.32 Å². The fourth-order valence-electron chi connectivity index (χ4n) is 0.884. The van der Waals surface area contributed by atoms with Gasteiger partial charge in [0, 0.05) is 17.3 Å². The van der Waals surface area contributed by atoms with Gasteiger partial charge in [-0.1, -0.05) is 0 Å². The molecule has 0 bridgehead atoms. The Hall–Kier alpha value is -1.40. The lowest BCUT2D eigenvalue weighted by atomic mass is 10.7. The highest BCUT2D eigenvalue weighted by Crippen LogP contribution is 2.13. The minimum absolute atomic E-state index is 0.0762. The van der Waals surface area contributed by atoms with Gasteiger partial charge in [-0.2, -0.15) is 15.0 Å². The van der Waals surface area contributed by atoms with E-state index in [1.807, 2.05) is 0 Å². The number of halogens is 2. The summed E-state index contributed by atoms with van der Waals surface area (Å²) in [5.41, 5.74) is 0. The summed E-state index contributed by atoms with van der Waals surface area (Å²) in [4.78, 5) is 14.9. The monoisotopic (exact) mass is 247 g/mol. The third-order valence-corrected chi connectivity index (χ3v) is 1.74. The fourth-order valence-corrected chi connectivity index (χ4v) is 1.25. The van der Waals surface area contributed by atoms with E-state index in [4.69, 9.17) is 27.3 Å². The molecule has 0 spiro atoms. The lowest BCUT2D eigenvalue weighted by Gasteiger charge is -2.00. The van der Waals surface area contributed by atoms with Gasteiger partial charge in [0.05, 0.1) is 6.33 Å². The van der Waals surface area contributed by atoms with Crippen molar-refractivity contribution in [2.24, 2.45) is 6.98 Å². The zero-order valence-electron chi connectivity index (χ0n) is 10.1. The minimum atomic E-state index is -2.29. The standard InChI is InChI=1S/C7H6Cl2N6/c1-15-2-4(10-3-15)11-7-13-5(8)12-6(9)14-7/h2-3H,1H3,(H,11,12,13,14)/i1D3. The molecule has 0 unspecified atom stereocenters. The summed E-state index contributed by atoms with van der Waals surface area (Å²) in [5, 5.41) is 2.51. The van der Waals surface area contributed by atoms with Crippen molar-refractivity contribution < 1.29 is 4.11 Å². The summed E-state index contributed by atoms with van der Waals surface area (Å²) in [6.45, 7) is -2.29. The molecular formula is C7H6Cl2N6. The maximum absolute atomic E-state index is 7.18. The number of rotatable bonds is 2. The van der Waals surface area contributed by atoms with Gasteiger partial charge in [0.15, 0.2) is 5.82 Å². The molecule has 0 aromatic carbocycles. The summed E-state index contributed by atoms with van der Waals surface area (Å²) in [7, 11) is 0. The highest BCUT2D eigenvalue weighted by atomic mass is 35.5. The van der Waals surface area contributed by atoms with E-state index in [9.17, 15) is 0 Å². The first-order chi connectivity index (χ1) is 8.34. The molecule has 0 aliphatic heterocycles. The third-order valence-electron chi connectivity index (χ3n) is 1.40. The zero-order valence-corrected chi connectivity index (χ0v) is 8.66. The van der Waals surface area contributed by atoms with E-state index in [0.717, 1.165) is 4.57 Å². The largest absolute Gasteiger partial charge is 0.338 e. The Kier molecular flexibility index (Phi) is 1.86. The first kappa shape index (κ1) is 6.97. The summed E-state index contributed by atoms with van der Waals surface area (Å²) >= 11 is 11.2. The van der Waals surface area contributed by atoms with E-state index >= 15 is 0 Å². The van der Waals surface area contributed by atoms with Crippen molar-refractivity contribution in [2.45, 2.75) is 0 Å². The molecule has 0 saturated heterocycles. The molecule has 0 amide bonds. The van der Waals surface area contributed by atoms with Gasteiger partial charge >= 0.3 is 0 Å². The minimum Gasteiger partial charge on any atom is -0.338 e. The molecule has 2 heterocycles. The van der Waals surface area contributed by atoms with Gasteiger partial charge in [0.1, 0.15) is 0 Å². The second-order valence-corrected chi connectivity index (χ2v) is 3.16. The van der Waals surface area contributed by atoms with Crippen LogP contribution < -0.4 is 5.32 Å². The van der Waals surface area contributed by atoms with Crippen LogP contribution in [0.2, 0.25) is 10.6 Å². The van der Waals surface area contributed by atoms with Crippen molar-refractivity contribution in [1.82, 2.24) is 24.5 Å². The molecule has 2 rings (SSSR count). The normalized spacial score (nSPS) is 14.1. The maximum Gasteiger partial charge on any atom is 0.234 e. The van der Waals surface area contributed by atoms with Crippen LogP contribution in [0.25, 0.3) is 0 Å². The highest BCUT2D eigenvalue weighted by molar-refractivity contribution is 6.31. The molecule has 0 saturated carbocycles. The van der Waals surface area contributed by atoms with Gasteiger partial charge in [-0.05, 0) is 23.2 Å². The van der Waals surface area contributed by atoms with Crippen LogP contribution >= 0.6 is 23.2 Å². The lowest BCUT2D eigenvalue weighted by Crippen LogP contribution is -1.99. The van der Waals surface area contributed by atoms with E-state index < -0.39 is 6.98 Å². The number of hydrogen-bond donors (Lipinski definition) is 1. The molecular weight excluding hydrogens is 239 g/mol. The predicted molar refractivity (Wildman–Crippen MR) is 56.3 cm³/mol. The van der Waals surface area contributed by atoms with Crippen molar-refractivity contribution >= 4 is 35.0 Å². The average molecular weight is 248 g/mol. The van der Waals surface area contributed by atoms with E-state index in [-0.39, 0.29) is 22.3 Å². The molecule has 2 aromatic heterocycles. The molecule has 15 heavy (non-hydrogen) atoms. The van der Waals surface area contributed by atoms with Gasteiger partial charge in [-0.3, -0.25) is 0 Å². The number of nitrogens with zero attached hydrogens (tertiary/aromatic N) is 5. The molecule has 2 aromatic rings. The SMILES string of the molecule is [2H]C([2H])([2H])n1cnc(Nc2nc(Cl)nc(Cl)n2)c1. The van der Waals surface area contributed by atoms with Gasteiger partial charge in [-0.25, -0.2) is 4.98 Å². The molecule has 0 aliphatic rings. The van der Waals surface area contributed by atoms with Gasteiger partial charge in [0.25, 0.3) is 0 Å². The zero-order chi connectivity index (χ0) is 13.3. The molecule has 6 nitrogen and oxygen atoms in total. The van der Waals surface area contributed by atoms with Crippen LogP contribution in [-0.4, -0.2) is 24.5 Å². The van der Waals surface area contributed by atoms with Crippen LogP contribution in [-0.2, 0) is 6.98 Å². The van der Waals surface area contributed by atoms with Crippen LogP contribution in [0.4, 0.5) is 11.8 Å². The Bertz CT molecular complexity index is 548. The Balaban J connectivity index is 2.21. The quantitative estimate of drug-likeness (QED) is 0.875. The van der Waals surface area contributed by atoms with E-state index in [1.54, 1.807) is 0 Å². The van der Waals surface area contributed by atoms with E-state index in [0.29, 0.717) is 0 Å². The topological polar surface area (TPSA) is 68.5 Å². The van der Waals surface area contributed by atoms with Gasteiger partial charge in [0.2, 0.25) is 16.5 Å². The molecule has 1 N–H and O–H groups in total. The van der Waals surface area contributed by atoms with Crippen molar-refractivity contribution in [1.29, 1.82) is 0 Å². The Morgan fingerprint density at radius 3 is 2.67 bits per heavy atom. The van der Waals surface area contributed by atoms with E-state index in [2.05, 4.69) is 25.3 Å². The van der Waals surface area contributed by atoms with E-state index in [1.165, 1.54) is 12.5 Å². The van der Waals surface area contributed by atoms with Crippen molar-refractivity contribution in [3.05, 3.63) is 23.1 Å². The Morgan fingerprint density at radius 2 is 2.07 bits per heavy atom. The second-order valence-electron chi connectivity index (χ2n) is 2.49. The second kappa shape index (κ2) is 4.00. The smallest absolute Gasteiger partial charge is 0.234 e. The van der Waals surface area contributed by atoms with Crippen LogP contribution in [0.15, 0.2) is 12.5 Å². The molecule has 0 aliphatic carbocycles. The summed E-state index contributed by atoms with van der Waals surface area (Å²) in [6.07, 6.45) is 2.46. The van der Waals surface area contributed by atoms with Crippen LogP contribution in [0.1, 0.15) is 4.11 Å². The van der Waals surface area contributed by atoms with Crippen LogP contribution in [0.3, 0.4) is 0 Å². The van der Waals surface area contributed by atoms with Crippen LogP contribution in [0.5, 0.6) is 0 Å². The molecule has 8 heteroatoms. The lowest BCUT2D eigenvalue weighted by molar-refractivity contribution is 0.913. The molecule has 0 radical (unpaired) electrons. The number of aromatic nitrogens is 5. The molecule has 0 atom stereocenters. The number of hydrogen-bond acceptors (Lipinski definition) is 5. The fraction of sp³-hybridized carbons (Fsp3) is 0.143. The summed E-state index contributed by atoms with van der Waals surface area (Å²) < 4.78 is 22.5. The molecule has 78 valence electrons. The first-order valence-electron chi connectivity index (χ1n) is 5.23. The maximum atomic E-state index is 7.18. The molecule has 0 fully saturated rings. The number of imidazole rings is 1. The number of nitrogens with one attached hydrogen (secondary N) is 1. The van der Waals surface area contributed by atoms with Gasteiger partial charge < -0.3 is 9.88 Å².